The molecule has 1 amide bonds. The molecule has 3 rings (SSSR count). The predicted octanol–water partition coefficient (Wildman–Crippen LogP) is 4.21. The maximum Gasteiger partial charge on any atom is 0.359 e. The van der Waals surface area contributed by atoms with Crippen LogP contribution in [0.3, 0.4) is 0 Å². The maximum absolute atomic E-state index is 13.0. The highest BCUT2D eigenvalue weighted by atomic mass is 17.2. The smallest absolute Gasteiger partial charge is 0.359 e. The summed E-state index contributed by atoms with van der Waals surface area (Å²) in [6.45, 7) is 9.13. The van der Waals surface area contributed by atoms with Gasteiger partial charge in [0, 0.05) is 23.2 Å². The van der Waals surface area contributed by atoms with Gasteiger partial charge in [-0.3, -0.25) is 9.59 Å². The molecule has 1 aliphatic rings. The van der Waals surface area contributed by atoms with E-state index >= 15 is 0 Å². The molecule has 1 fully saturated rings. The number of nitrogens with one attached hydrogen (secondary N) is 1. The van der Waals surface area contributed by atoms with Crippen LogP contribution in [0.1, 0.15) is 70.5 Å². The van der Waals surface area contributed by atoms with E-state index in [0.717, 1.165) is 12.8 Å². The molecule has 0 spiro atoms. The van der Waals surface area contributed by atoms with Gasteiger partial charge in [-0.15, -0.1) is 0 Å². The summed E-state index contributed by atoms with van der Waals surface area (Å²) in [5, 5.41) is 2.83. The number of pyridine rings is 1. The van der Waals surface area contributed by atoms with Crippen LogP contribution in [-0.2, 0) is 14.5 Å². The molecule has 1 aromatic carbocycles. The monoisotopic (exact) mass is 482 g/mol. The van der Waals surface area contributed by atoms with Crippen LogP contribution in [0.25, 0.3) is 17.2 Å². The van der Waals surface area contributed by atoms with Crippen LogP contribution in [0.2, 0.25) is 0 Å². The van der Waals surface area contributed by atoms with E-state index in [-0.39, 0.29) is 17.0 Å². The summed E-state index contributed by atoms with van der Waals surface area (Å²) in [5.74, 6) is -0.320. The van der Waals surface area contributed by atoms with Gasteiger partial charge < -0.3 is 14.8 Å². The fourth-order valence-electron chi connectivity index (χ4n) is 3.24. The van der Waals surface area contributed by atoms with E-state index in [1.54, 1.807) is 45.0 Å². The minimum Gasteiger partial charge on any atom is -0.496 e. The Bertz CT molecular complexity index is 1120. The van der Waals surface area contributed by atoms with Crippen LogP contribution in [0, 0.1) is 5.92 Å². The number of amides is 1. The van der Waals surface area contributed by atoms with Gasteiger partial charge in [-0.25, -0.2) is 14.7 Å². The van der Waals surface area contributed by atoms with E-state index in [4.69, 9.17) is 19.2 Å². The van der Waals surface area contributed by atoms with Gasteiger partial charge in [0.1, 0.15) is 11.4 Å². The Morgan fingerprint density at radius 3 is 2.51 bits per heavy atom. The van der Waals surface area contributed by atoms with Crippen molar-refractivity contribution in [1.29, 1.82) is 0 Å². The zero-order chi connectivity index (χ0) is 25.6. The zero-order valence-electron chi connectivity index (χ0n) is 20.4. The third-order valence-electron chi connectivity index (χ3n) is 5.16. The second kappa shape index (κ2) is 11.2. The van der Waals surface area contributed by atoms with Crippen LogP contribution in [-0.4, -0.2) is 49.2 Å². The molecule has 0 saturated heterocycles. The van der Waals surface area contributed by atoms with Crippen molar-refractivity contribution in [3.8, 4) is 16.9 Å². The lowest BCUT2D eigenvalue weighted by Gasteiger charge is -2.18. The van der Waals surface area contributed by atoms with Crippen molar-refractivity contribution in [2.75, 3.05) is 20.4 Å². The summed E-state index contributed by atoms with van der Waals surface area (Å²) < 4.78 is 10.6. The van der Waals surface area contributed by atoms with Crippen molar-refractivity contribution in [1.82, 2.24) is 10.3 Å². The summed E-state index contributed by atoms with van der Waals surface area (Å²) in [6.07, 6.45) is 4.38. The summed E-state index contributed by atoms with van der Waals surface area (Å²) >= 11 is 0. The Hall–Kier alpha value is -3.56. The molecule has 1 aromatic heterocycles. The second-order valence-electron chi connectivity index (χ2n) is 9.11. The average molecular weight is 483 g/mol. The highest BCUT2D eigenvalue weighted by Gasteiger charge is 2.25. The number of methoxy groups -OCH3 is 1. The summed E-state index contributed by atoms with van der Waals surface area (Å²) in [5.41, 5.74) is 0.877. The number of rotatable bonds is 11. The third kappa shape index (κ3) is 6.97. The molecule has 1 saturated carbocycles. The van der Waals surface area contributed by atoms with Gasteiger partial charge in [0.15, 0.2) is 12.0 Å². The first-order valence-electron chi connectivity index (χ1n) is 11.2. The van der Waals surface area contributed by atoms with Crippen molar-refractivity contribution < 1.29 is 33.6 Å². The molecule has 1 N–H and O–H groups in total. The van der Waals surface area contributed by atoms with Crippen molar-refractivity contribution >= 4 is 24.2 Å². The van der Waals surface area contributed by atoms with Gasteiger partial charge in [-0.1, -0.05) is 12.7 Å². The minimum absolute atomic E-state index is 0.0514. The molecule has 0 bridgehead atoms. The Morgan fingerprint density at radius 1 is 1.17 bits per heavy atom. The summed E-state index contributed by atoms with van der Waals surface area (Å²) in [4.78, 5) is 51.9. The predicted molar refractivity (Wildman–Crippen MR) is 129 cm³/mol. The number of benzene rings is 1. The molecular weight excluding hydrogens is 452 g/mol. The molecule has 0 aliphatic heterocycles. The number of carbonyl (C=O) groups excluding carboxylic acids is 3. The van der Waals surface area contributed by atoms with Gasteiger partial charge >= 0.3 is 5.97 Å². The molecule has 186 valence electrons. The number of aromatic nitrogens is 1. The largest absolute Gasteiger partial charge is 0.496 e. The van der Waals surface area contributed by atoms with Crippen LogP contribution >= 0.6 is 0 Å². The van der Waals surface area contributed by atoms with E-state index in [1.165, 1.54) is 13.2 Å². The molecule has 9 nitrogen and oxygen atoms in total. The normalized spacial score (nSPS) is 13.1. The molecule has 1 aliphatic carbocycles. The lowest BCUT2D eigenvalue weighted by molar-refractivity contribution is -0.373. The minimum atomic E-state index is -0.849. The Labute approximate surface area is 204 Å². The first kappa shape index (κ1) is 26.1. The summed E-state index contributed by atoms with van der Waals surface area (Å²) in [6, 6.07) is 6.26. The molecule has 0 unspecified atom stereocenters. The van der Waals surface area contributed by atoms with Crippen LogP contribution in [0.5, 0.6) is 5.75 Å². The molecule has 0 radical (unpaired) electrons. The van der Waals surface area contributed by atoms with Gasteiger partial charge in [0.05, 0.1) is 12.7 Å². The van der Waals surface area contributed by atoms with Crippen LogP contribution < -0.4 is 10.1 Å². The molecule has 35 heavy (non-hydrogen) atoms. The lowest BCUT2D eigenvalue weighted by Crippen LogP contribution is -2.27. The highest BCUT2D eigenvalue weighted by Crippen LogP contribution is 2.33. The first-order valence-corrected chi connectivity index (χ1v) is 11.2. The number of aldehydes is 1. The number of hydrogen-bond donors (Lipinski definition) is 1. The van der Waals surface area contributed by atoms with Gasteiger partial charge in [-0.05, 0) is 69.4 Å². The lowest BCUT2D eigenvalue weighted by atomic mass is 9.95. The van der Waals surface area contributed by atoms with Crippen molar-refractivity contribution in [3.05, 3.63) is 53.4 Å². The zero-order valence-corrected chi connectivity index (χ0v) is 20.4. The topological polar surface area (TPSA) is 113 Å². The van der Waals surface area contributed by atoms with Crippen molar-refractivity contribution in [2.24, 2.45) is 5.92 Å². The number of ether oxygens (including phenoxy) is 2. The first-order chi connectivity index (χ1) is 16.7. The van der Waals surface area contributed by atoms with Crippen LogP contribution in [0.4, 0.5) is 0 Å². The molecule has 1 heterocycles. The Kier molecular flexibility index (Phi) is 8.37. The number of hydrogen-bond acceptors (Lipinski definition) is 8. The fraction of sp³-hybridized carbons (Fsp3) is 0.385. The maximum atomic E-state index is 13.0. The molecule has 2 aromatic rings. The number of esters is 1. The SMILES string of the molecule is C=Cc1cc(C=O)c(-c2ccc(C(=O)NCC3CC3)nc2C(=O)OCOOC(C)(C)C)cc1OC. The van der Waals surface area contributed by atoms with E-state index in [1.807, 2.05) is 0 Å². The quantitative estimate of drug-likeness (QED) is 0.127. The van der Waals surface area contributed by atoms with Crippen molar-refractivity contribution in [2.45, 2.75) is 39.2 Å². The van der Waals surface area contributed by atoms with Gasteiger partial charge in [0.2, 0.25) is 6.79 Å². The third-order valence-corrected chi connectivity index (χ3v) is 5.16. The number of carbonyl (C=O) groups is 3. The standard InChI is InChI=1S/C26H30N2O7/c1-6-17-11-18(14-29)20(12-22(17)32-5)19-9-10-21(24(30)27-13-16-7-8-16)28-23(19)25(31)33-15-34-35-26(2,3)4/h6,9-12,14,16H,1,7-8,13,15H2,2-5H3,(H,27,30). The van der Waals surface area contributed by atoms with E-state index in [2.05, 4.69) is 16.9 Å². The van der Waals surface area contributed by atoms with E-state index in [9.17, 15) is 14.4 Å². The molecule has 0 atom stereocenters. The van der Waals surface area contributed by atoms with Crippen molar-refractivity contribution in [3.63, 3.8) is 0 Å². The summed E-state index contributed by atoms with van der Waals surface area (Å²) in [7, 11) is 1.49. The Morgan fingerprint density at radius 2 is 1.91 bits per heavy atom. The second-order valence-corrected chi connectivity index (χ2v) is 9.11. The van der Waals surface area contributed by atoms with E-state index in [0.29, 0.717) is 41.2 Å². The van der Waals surface area contributed by atoms with Gasteiger partial charge in [-0.2, -0.15) is 4.89 Å². The Balaban J connectivity index is 1.98. The fourth-order valence-corrected chi connectivity index (χ4v) is 3.24. The van der Waals surface area contributed by atoms with Gasteiger partial charge in [0.25, 0.3) is 5.91 Å². The molecule has 9 heteroatoms. The highest BCUT2D eigenvalue weighted by molar-refractivity contribution is 6.01. The average Bonchev–Trinajstić information content (AvgIpc) is 3.67. The van der Waals surface area contributed by atoms with Crippen LogP contribution in [0.15, 0.2) is 30.8 Å². The van der Waals surface area contributed by atoms with E-state index < -0.39 is 24.3 Å². The molecular formula is C26H30N2O7. The number of nitrogens with zero attached hydrogens (tertiary/aromatic N) is 1.